The number of carbonyl (C=O) groups is 1. The first-order chi connectivity index (χ1) is 20.3. The van der Waals surface area contributed by atoms with Gasteiger partial charge < -0.3 is 25.2 Å². The largest absolute Gasteiger partial charge is 0.507 e. The summed E-state index contributed by atoms with van der Waals surface area (Å²) < 4.78 is 40.3. The predicted octanol–water partition coefficient (Wildman–Crippen LogP) is 5.62. The number of phenols is 1. The molecule has 0 bridgehead atoms. The summed E-state index contributed by atoms with van der Waals surface area (Å²) in [5, 5.41) is 19.9. The van der Waals surface area contributed by atoms with Crippen molar-refractivity contribution in [2.45, 2.75) is 11.5 Å². The zero-order chi connectivity index (χ0) is 29.7. The molecule has 5 aromatic rings. The highest BCUT2D eigenvalue weighted by Crippen LogP contribution is 2.44. The topological polar surface area (TPSA) is 126 Å². The quantitative estimate of drug-likeness (QED) is 0.124. The molecule has 0 fully saturated rings. The van der Waals surface area contributed by atoms with Gasteiger partial charge in [0.15, 0.2) is 0 Å². The van der Waals surface area contributed by atoms with Gasteiger partial charge in [-0.25, -0.2) is 13.2 Å². The zero-order valence-corrected chi connectivity index (χ0v) is 24.0. The third kappa shape index (κ3) is 5.95. The van der Waals surface area contributed by atoms with Crippen LogP contribution in [0.25, 0.3) is 32.7 Å². The molecule has 0 unspecified atom stereocenters. The average molecular weight is 586 g/mol. The van der Waals surface area contributed by atoms with Crippen LogP contribution in [0.4, 0.5) is 10.5 Å². The molecule has 0 radical (unpaired) electrons. The van der Waals surface area contributed by atoms with E-state index in [2.05, 4.69) is 15.4 Å². The lowest BCUT2D eigenvalue weighted by atomic mass is 9.90. The summed E-state index contributed by atoms with van der Waals surface area (Å²) in [5.74, 6) is 0.516. The lowest BCUT2D eigenvalue weighted by Gasteiger charge is -2.19. The van der Waals surface area contributed by atoms with Crippen molar-refractivity contribution in [3.63, 3.8) is 0 Å². The Labute approximate surface area is 244 Å². The van der Waals surface area contributed by atoms with Gasteiger partial charge in [-0.05, 0) is 59.3 Å². The fourth-order valence-electron chi connectivity index (χ4n) is 4.83. The number of rotatable bonds is 10. The minimum atomic E-state index is -4.00. The van der Waals surface area contributed by atoms with Crippen molar-refractivity contribution in [2.75, 3.05) is 32.0 Å². The van der Waals surface area contributed by atoms with E-state index in [0.29, 0.717) is 52.0 Å². The van der Waals surface area contributed by atoms with Gasteiger partial charge in [0.2, 0.25) is 0 Å². The average Bonchev–Trinajstić information content (AvgIpc) is 3.01. The maximum atomic E-state index is 13.5. The number of nitrogens with one attached hydrogen (secondary N) is 3. The van der Waals surface area contributed by atoms with Crippen LogP contribution in [0.1, 0.15) is 5.56 Å². The molecule has 0 saturated heterocycles. The Morgan fingerprint density at radius 3 is 2.26 bits per heavy atom. The van der Waals surface area contributed by atoms with Crippen molar-refractivity contribution >= 4 is 43.3 Å². The number of methoxy groups -OCH3 is 1. The summed E-state index contributed by atoms with van der Waals surface area (Å²) >= 11 is 0. The van der Waals surface area contributed by atoms with Crippen LogP contribution in [0.15, 0.2) is 95.9 Å². The number of sulfonamides is 1. The Bertz CT molecular complexity index is 1860. The molecule has 42 heavy (non-hydrogen) atoms. The summed E-state index contributed by atoms with van der Waals surface area (Å²) in [5.41, 5.74) is 1.96. The number of hydrogen-bond acceptors (Lipinski definition) is 7. The third-order valence-electron chi connectivity index (χ3n) is 6.92. The lowest BCUT2D eigenvalue weighted by Crippen LogP contribution is -2.30. The van der Waals surface area contributed by atoms with E-state index in [-0.39, 0.29) is 17.3 Å². The third-order valence-corrected chi connectivity index (χ3v) is 8.30. The summed E-state index contributed by atoms with van der Waals surface area (Å²) in [6.45, 7) is 0.935. The van der Waals surface area contributed by atoms with Crippen molar-refractivity contribution in [2.24, 2.45) is 0 Å². The molecule has 4 N–H and O–H groups in total. The Balaban J connectivity index is 1.63. The zero-order valence-electron chi connectivity index (χ0n) is 23.2. The highest BCUT2D eigenvalue weighted by molar-refractivity contribution is 7.92. The number of phenolic OH excluding ortho intramolecular Hbond substituents is 1. The van der Waals surface area contributed by atoms with Crippen molar-refractivity contribution in [3.05, 3.63) is 96.6 Å². The van der Waals surface area contributed by atoms with E-state index >= 15 is 0 Å². The van der Waals surface area contributed by atoms with E-state index in [4.69, 9.17) is 9.47 Å². The summed E-state index contributed by atoms with van der Waals surface area (Å²) in [6, 6.07) is 26.1. The molecule has 5 aromatic carbocycles. The predicted molar refractivity (Wildman–Crippen MR) is 164 cm³/mol. The second kappa shape index (κ2) is 12.4. The second-order valence-corrected chi connectivity index (χ2v) is 11.3. The summed E-state index contributed by atoms with van der Waals surface area (Å²) in [4.78, 5) is 12.4. The molecule has 0 atom stereocenters. The van der Waals surface area contributed by atoms with Crippen molar-refractivity contribution in [1.29, 1.82) is 0 Å². The molecule has 9 nitrogen and oxygen atoms in total. The number of carbonyl (C=O) groups excluding carboxylic acids is 1. The fraction of sp³-hybridized carbons (Fsp3) is 0.156. The van der Waals surface area contributed by atoms with Crippen LogP contribution < -0.4 is 20.1 Å². The molecule has 0 heterocycles. The number of ether oxygens (including phenoxy) is 2. The number of fused-ring (bicyclic) bond motifs is 2. The number of likely N-dealkylation sites (N-methyl/N-ethyl adjacent to an activating group) is 1. The molecule has 216 valence electrons. The Morgan fingerprint density at radius 1 is 0.857 bits per heavy atom. The van der Waals surface area contributed by atoms with Gasteiger partial charge in [0.25, 0.3) is 10.0 Å². The first-order valence-electron chi connectivity index (χ1n) is 13.3. The van der Waals surface area contributed by atoms with Gasteiger partial charge in [0, 0.05) is 29.4 Å². The van der Waals surface area contributed by atoms with E-state index in [9.17, 15) is 18.3 Å². The molecule has 0 aliphatic rings. The van der Waals surface area contributed by atoms with Gasteiger partial charge in [-0.2, -0.15) is 0 Å². The Kier molecular flexibility index (Phi) is 8.46. The smallest absolute Gasteiger partial charge is 0.407 e. The summed E-state index contributed by atoms with van der Waals surface area (Å²) in [7, 11) is -0.701. The molecule has 0 aliphatic heterocycles. The number of aromatic hydroxyl groups is 1. The first kappa shape index (κ1) is 28.7. The van der Waals surface area contributed by atoms with E-state index in [1.165, 1.54) is 19.2 Å². The molecule has 0 saturated carbocycles. The minimum absolute atomic E-state index is 0.0194. The molecule has 0 spiro atoms. The number of alkyl carbamates (subject to hydrolysis) is 1. The molecular weight excluding hydrogens is 554 g/mol. The highest BCUT2D eigenvalue weighted by Gasteiger charge is 2.22. The molecule has 1 amide bonds. The first-order valence-corrected chi connectivity index (χ1v) is 14.8. The Hall–Kier alpha value is -4.80. The van der Waals surface area contributed by atoms with E-state index in [0.717, 1.165) is 10.8 Å². The van der Waals surface area contributed by atoms with Crippen molar-refractivity contribution in [3.8, 4) is 22.6 Å². The number of amides is 1. The molecule has 5 rings (SSSR count). The monoisotopic (exact) mass is 585 g/mol. The van der Waals surface area contributed by atoms with Crippen molar-refractivity contribution in [1.82, 2.24) is 10.6 Å². The molecular formula is C32H31N3O6S. The Morgan fingerprint density at radius 2 is 1.55 bits per heavy atom. The van der Waals surface area contributed by atoms with Gasteiger partial charge in [-0.1, -0.05) is 60.7 Å². The maximum absolute atomic E-state index is 13.5. The number of hydrogen-bond donors (Lipinski definition) is 4. The molecule has 0 aromatic heterocycles. The normalized spacial score (nSPS) is 11.4. The van der Waals surface area contributed by atoms with E-state index < -0.39 is 16.1 Å². The van der Waals surface area contributed by atoms with Crippen LogP contribution in [0.5, 0.6) is 11.5 Å². The number of benzene rings is 5. The van der Waals surface area contributed by atoms with Gasteiger partial charge in [0.1, 0.15) is 18.1 Å². The standard InChI is InChI=1S/C32H31N3O6S/c1-33-17-18-34-32(37)41-20-22-12-11-21-7-3-4-8-25(21)30(22)28-19-29(26-9-5-6-10-27(26)31(28)36)35-42(38,39)24-15-13-23(40-2)14-16-24/h3-16,19,33,35-36H,17-18,20H2,1-2H3,(H,34,37). The van der Waals surface area contributed by atoms with Crippen molar-refractivity contribution < 1.29 is 27.8 Å². The van der Waals surface area contributed by atoms with E-state index in [1.807, 2.05) is 36.4 Å². The van der Waals surface area contributed by atoms with Crippen LogP contribution in [0, 0.1) is 0 Å². The molecule has 10 heteroatoms. The molecule has 0 aliphatic carbocycles. The van der Waals surface area contributed by atoms with Crippen LogP contribution in [-0.2, 0) is 21.4 Å². The van der Waals surface area contributed by atoms with E-state index in [1.54, 1.807) is 49.5 Å². The number of anilines is 1. The minimum Gasteiger partial charge on any atom is -0.507 e. The second-order valence-electron chi connectivity index (χ2n) is 9.57. The van der Waals surface area contributed by atoms with Gasteiger partial charge in [0.05, 0.1) is 17.7 Å². The SMILES string of the molecule is CNCCNC(=O)OCc1ccc2ccccc2c1-c1cc(NS(=O)(=O)c2ccc(OC)cc2)c2ccccc2c1O. The van der Waals surface area contributed by atoms with Crippen LogP contribution >= 0.6 is 0 Å². The summed E-state index contributed by atoms with van der Waals surface area (Å²) in [6.07, 6.45) is -0.569. The fourth-order valence-corrected chi connectivity index (χ4v) is 5.90. The lowest BCUT2D eigenvalue weighted by molar-refractivity contribution is 0.140. The van der Waals surface area contributed by atoms with Crippen LogP contribution in [-0.4, -0.2) is 46.9 Å². The van der Waals surface area contributed by atoms with Crippen LogP contribution in [0.2, 0.25) is 0 Å². The van der Waals surface area contributed by atoms with Gasteiger partial charge >= 0.3 is 6.09 Å². The van der Waals surface area contributed by atoms with Gasteiger partial charge in [-0.15, -0.1) is 0 Å². The van der Waals surface area contributed by atoms with Crippen LogP contribution in [0.3, 0.4) is 0 Å². The maximum Gasteiger partial charge on any atom is 0.407 e. The van der Waals surface area contributed by atoms with Gasteiger partial charge in [-0.3, -0.25) is 4.72 Å². The highest BCUT2D eigenvalue weighted by atomic mass is 32.2.